The summed E-state index contributed by atoms with van der Waals surface area (Å²) >= 11 is 6.20. The Hall–Kier alpha value is -2.46. The summed E-state index contributed by atoms with van der Waals surface area (Å²) in [7, 11) is 0. The second-order valence-corrected chi connectivity index (χ2v) is 6.24. The van der Waals surface area contributed by atoms with Crippen molar-refractivity contribution in [2.45, 2.75) is 18.9 Å². The summed E-state index contributed by atoms with van der Waals surface area (Å²) in [4.78, 5) is 11.2. The third-order valence-electron chi connectivity index (χ3n) is 4.57. The normalized spacial score (nSPS) is 16.7. The number of aromatic hydroxyl groups is 1. The van der Waals surface area contributed by atoms with Gasteiger partial charge < -0.3 is 14.8 Å². The van der Waals surface area contributed by atoms with Gasteiger partial charge in [-0.3, -0.25) is 0 Å². The van der Waals surface area contributed by atoms with Crippen LogP contribution in [-0.2, 0) is 6.42 Å². The molecule has 23 heavy (non-hydrogen) atoms. The quantitative estimate of drug-likeness (QED) is 0.740. The molecule has 2 N–H and O–H groups in total. The molecular formula is C18H14ClNO3. The first kappa shape index (κ1) is 14.2. The molecule has 0 radical (unpaired) electrons. The number of hydrogen-bond donors (Lipinski definition) is 2. The van der Waals surface area contributed by atoms with Gasteiger partial charge in [0.15, 0.2) is 0 Å². The maximum Gasteiger partial charge on any atom is 0.335 e. The first-order valence-electron chi connectivity index (χ1n) is 7.40. The number of rotatable bonds is 2. The van der Waals surface area contributed by atoms with E-state index < -0.39 is 5.97 Å². The molecule has 1 heterocycles. The molecular weight excluding hydrogens is 314 g/mol. The van der Waals surface area contributed by atoms with Gasteiger partial charge in [0.1, 0.15) is 0 Å². The Bertz CT molecular complexity index is 945. The number of fused-ring (bicyclic) bond motifs is 2. The molecule has 0 saturated heterocycles. The average molecular weight is 328 g/mol. The largest absolute Gasteiger partial charge is 0.494 e. The molecule has 1 aliphatic carbocycles. The van der Waals surface area contributed by atoms with E-state index in [0.29, 0.717) is 10.4 Å². The molecule has 2 aromatic carbocycles. The number of aromatic carboxylic acids is 1. The van der Waals surface area contributed by atoms with Crippen molar-refractivity contribution in [1.82, 2.24) is 4.57 Å². The SMILES string of the molecule is O=C(O)c1ccc2c(c1)[C@H](n1cc3cccc(Cl)c3c1O)CC2. The lowest BCUT2D eigenvalue weighted by Gasteiger charge is -2.15. The molecule has 0 bridgehead atoms. The first-order chi connectivity index (χ1) is 11.1. The highest BCUT2D eigenvalue weighted by Crippen LogP contribution is 2.42. The number of carboxylic acids is 1. The van der Waals surface area contributed by atoms with Crippen LogP contribution in [0.5, 0.6) is 5.88 Å². The molecule has 0 amide bonds. The Morgan fingerprint density at radius 2 is 2.09 bits per heavy atom. The number of benzene rings is 2. The monoisotopic (exact) mass is 327 g/mol. The van der Waals surface area contributed by atoms with Crippen molar-refractivity contribution in [2.75, 3.05) is 0 Å². The maximum absolute atomic E-state index is 11.2. The van der Waals surface area contributed by atoms with Gasteiger partial charge in [0.2, 0.25) is 5.88 Å². The summed E-state index contributed by atoms with van der Waals surface area (Å²) in [6, 6.07) is 10.6. The molecule has 0 fully saturated rings. The Balaban J connectivity index is 1.88. The van der Waals surface area contributed by atoms with E-state index in [9.17, 15) is 15.0 Å². The summed E-state index contributed by atoms with van der Waals surface area (Å²) in [5.41, 5.74) is 2.35. The van der Waals surface area contributed by atoms with Crippen molar-refractivity contribution in [3.63, 3.8) is 0 Å². The Morgan fingerprint density at radius 1 is 1.26 bits per heavy atom. The molecule has 116 valence electrons. The van der Waals surface area contributed by atoms with Crippen LogP contribution in [0.2, 0.25) is 5.02 Å². The second kappa shape index (κ2) is 5.03. The fourth-order valence-corrected chi connectivity index (χ4v) is 3.73. The van der Waals surface area contributed by atoms with Crippen LogP contribution in [0, 0.1) is 0 Å². The molecule has 0 spiro atoms. The smallest absolute Gasteiger partial charge is 0.335 e. The predicted molar refractivity (Wildman–Crippen MR) is 88.5 cm³/mol. The van der Waals surface area contributed by atoms with Crippen LogP contribution in [0.25, 0.3) is 10.8 Å². The highest BCUT2D eigenvalue weighted by atomic mass is 35.5. The highest BCUT2D eigenvalue weighted by Gasteiger charge is 2.27. The molecule has 5 heteroatoms. The summed E-state index contributed by atoms with van der Waals surface area (Å²) in [5, 5.41) is 21.8. The fourth-order valence-electron chi connectivity index (χ4n) is 3.46. The Labute approximate surface area is 137 Å². The van der Waals surface area contributed by atoms with Gasteiger partial charge in [-0.15, -0.1) is 0 Å². The van der Waals surface area contributed by atoms with E-state index in [-0.39, 0.29) is 17.5 Å². The minimum Gasteiger partial charge on any atom is -0.494 e. The van der Waals surface area contributed by atoms with Gasteiger partial charge in [0.25, 0.3) is 0 Å². The van der Waals surface area contributed by atoms with Gasteiger partial charge in [0, 0.05) is 11.6 Å². The zero-order valence-corrected chi connectivity index (χ0v) is 12.9. The van der Waals surface area contributed by atoms with E-state index in [2.05, 4.69) is 0 Å². The Kier molecular flexibility index (Phi) is 3.10. The van der Waals surface area contributed by atoms with Gasteiger partial charge in [0.05, 0.1) is 22.0 Å². The molecule has 4 nitrogen and oxygen atoms in total. The van der Waals surface area contributed by atoms with Crippen molar-refractivity contribution >= 4 is 28.3 Å². The summed E-state index contributed by atoms with van der Waals surface area (Å²) in [5.74, 6) is -0.812. The van der Waals surface area contributed by atoms with Crippen LogP contribution in [0.1, 0.15) is 33.9 Å². The molecule has 4 rings (SSSR count). The fraction of sp³-hybridized carbons (Fsp3) is 0.167. The van der Waals surface area contributed by atoms with Crippen LogP contribution >= 0.6 is 11.6 Å². The number of hydrogen-bond acceptors (Lipinski definition) is 2. The van der Waals surface area contributed by atoms with E-state index in [4.69, 9.17) is 11.6 Å². The second-order valence-electron chi connectivity index (χ2n) is 5.84. The molecule has 1 aliphatic rings. The number of carboxylic acid groups (broad SMARTS) is 1. The van der Waals surface area contributed by atoms with E-state index in [1.165, 1.54) is 0 Å². The lowest BCUT2D eigenvalue weighted by atomic mass is 10.0. The topological polar surface area (TPSA) is 62.5 Å². The Morgan fingerprint density at radius 3 is 2.83 bits per heavy atom. The van der Waals surface area contributed by atoms with E-state index in [0.717, 1.165) is 29.4 Å². The molecule has 1 atom stereocenters. The third kappa shape index (κ3) is 2.10. The number of halogens is 1. The first-order valence-corrected chi connectivity index (χ1v) is 7.78. The van der Waals surface area contributed by atoms with E-state index >= 15 is 0 Å². The standard InChI is InChI=1S/C18H14ClNO3/c19-14-3-1-2-12-9-20(17(21)16(12)14)15-7-6-10-4-5-11(18(22)23)8-13(10)15/h1-5,8-9,15,21H,6-7H2,(H,22,23)/t15-/m1/s1. The highest BCUT2D eigenvalue weighted by molar-refractivity contribution is 6.36. The van der Waals surface area contributed by atoms with Gasteiger partial charge in [-0.2, -0.15) is 0 Å². The van der Waals surface area contributed by atoms with Crippen LogP contribution in [0.15, 0.2) is 42.6 Å². The van der Waals surface area contributed by atoms with Gasteiger partial charge in [-0.05, 0) is 42.2 Å². The zero-order chi connectivity index (χ0) is 16.1. The van der Waals surface area contributed by atoms with Crippen LogP contribution in [0.4, 0.5) is 0 Å². The molecule has 3 aromatic rings. The zero-order valence-electron chi connectivity index (χ0n) is 12.2. The van der Waals surface area contributed by atoms with Crippen LogP contribution < -0.4 is 0 Å². The van der Waals surface area contributed by atoms with Gasteiger partial charge in [-0.25, -0.2) is 4.79 Å². The number of aromatic nitrogens is 1. The predicted octanol–water partition coefficient (Wildman–Crippen LogP) is 4.23. The van der Waals surface area contributed by atoms with Crippen molar-refractivity contribution in [3.8, 4) is 5.88 Å². The summed E-state index contributed by atoms with van der Waals surface area (Å²) < 4.78 is 1.80. The third-order valence-corrected chi connectivity index (χ3v) is 4.88. The van der Waals surface area contributed by atoms with Gasteiger partial charge in [-0.1, -0.05) is 29.8 Å². The lowest BCUT2D eigenvalue weighted by Crippen LogP contribution is -2.07. The number of nitrogens with zero attached hydrogens (tertiary/aromatic N) is 1. The molecule has 0 aliphatic heterocycles. The number of carbonyl (C=O) groups is 1. The molecule has 0 saturated carbocycles. The molecule has 0 unspecified atom stereocenters. The lowest BCUT2D eigenvalue weighted by molar-refractivity contribution is 0.0696. The van der Waals surface area contributed by atoms with Gasteiger partial charge >= 0.3 is 5.97 Å². The van der Waals surface area contributed by atoms with Crippen molar-refractivity contribution in [1.29, 1.82) is 0 Å². The van der Waals surface area contributed by atoms with Crippen LogP contribution in [-0.4, -0.2) is 20.7 Å². The number of aryl methyl sites for hydroxylation is 1. The minimum atomic E-state index is -0.941. The van der Waals surface area contributed by atoms with E-state index in [1.54, 1.807) is 22.8 Å². The van der Waals surface area contributed by atoms with Crippen LogP contribution in [0.3, 0.4) is 0 Å². The van der Waals surface area contributed by atoms with Crippen molar-refractivity contribution in [3.05, 3.63) is 64.3 Å². The summed E-state index contributed by atoms with van der Waals surface area (Å²) in [6.07, 6.45) is 3.57. The maximum atomic E-state index is 11.2. The minimum absolute atomic E-state index is 0.0761. The average Bonchev–Trinajstić information content (AvgIpc) is 3.08. The van der Waals surface area contributed by atoms with Crippen molar-refractivity contribution < 1.29 is 15.0 Å². The van der Waals surface area contributed by atoms with E-state index in [1.807, 2.05) is 24.4 Å². The van der Waals surface area contributed by atoms with Crippen molar-refractivity contribution in [2.24, 2.45) is 0 Å². The summed E-state index contributed by atoms with van der Waals surface area (Å²) in [6.45, 7) is 0. The molecule has 1 aromatic heterocycles.